The topological polar surface area (TPSA) is 151 Å². The summed E-state index contributed by atoms with van der Waals surface area (Å²) in [6, 6.07) is 27.5. The zero-order valence-electron chi connectivity index (χ0n) is 26.0. The Morgan fingerprint density at radius 3 is 1.73 bits per heavy atom. The first-order chi connectivity index (χ1) is 23.7. The van der Waals surface area contributed by atoms with E-state index in [-0.39, 0.29) is 0 Å². The monoisotopic (exact) mass is 629 g/mol. The lowest BCUT2D eigenvalue weighted by molar-refractivity contribution is 0.844. The number of rotatable bonds is 7. The summed E-state index contributed by atoms with van der Waals surface area (Å²) in [7, 11) is 0. The van der Waals surface area contributed by atoms with E-state index in [1.165, 1.54) is 5.39 Å². The zero-order chi connectivity index (χ0) is 31.6. The van der Waals surface area contributed by atoms with E-state index in [9.17, 15) is 0 Å². The number of H-pyrrole nitrogens is 4. The predicted molar refractivity (Wildman–Crippen MR) is 191 cm³/mol. The van der Waals surface area contributed by atoms with Gasteiger partial charge in [0.25, 0.3) is 0 Å². The van der Waals surface area contributed by atoms with Gasteiger partial charge in [-0.2, -0.15) is 0 Å². The molecule has 2 aliphatic rings. The minimum Gasteiger partial charge on any atom is -0.368 e. The zero-order valence-corrected chi connectivity index (χ0v) is 26.0. The molecule has 0 radical (unpaired) electrons. The lowest BCUT2D eigenvalue weighted by Crippen LogP contribution is -2.19. The van der Waals surface area contributed by atoms with Crippen LogP contribution in [0.5, 0.6) is 0 Å². The number of aromatic amines is 4. The predicted octanol–water partition coefficient (Wildman–Crippen LogP) is 5.62. The Morgan fingerprint density at radius 2 is 1.04 bits per heavy atom. The third kappa shape index (κ3) is 4.70. The van der Waals surface area contributed by atoms with Crippen molar-refractivity contribution in [2.24, 2.45) is 9.98 Å². The van der Waals surface area contributed by atoms with Crippen LogP contribution in [0.2, 0.25) is 0 Å². The van der Waals surface area contributed by atoms with Crippen molar-refractivity contribution in [2.45, 2.75) is 12.8 Å². The quantitative estimate of drug-likeness (QED) is 0.135. The summed E-state index contributed by atoms with van der Waals surface area (Å²) >= 11 is 0. The SMILES string of the molecule is c1cc2[nH]c(-c3ccc4nc(CCc5nc6ccc(-c7nc8ccc(C9=NCCN9)cc8[nH]7)cc6[nH]5)[nH]c4c3)cc2cc1C1=NCCN1. The molecule has 4 aromatic heterocycles. The van der Waals surface area contributed by atoms with Gasteiger partial charge in [-0.15, -0.1) is 0 Å². The summed E-state index contributed by atoms with van der Waals surface area (Å²) in [6.45, 7) is 3.43. The summed E-state index contributed by atoms with van der Waals surface area (Å²) < 4.78 is 0. The molecule has 8 aromatic rings. The summed E-state index contributed by atoms with van der Waals surface area (Å²) in [5, 5.41) is 7.87. The fraction of sp³-hybridized carbons (Fsp3) is 0.162. The minimum absolute atomic E-state index is 0.743. The van der Waals surface area contributed by atoms with Crippen molar-refractivity contribution in [3.63, 3.8) is 0 Å². The standard InChI is InChI=1S/C37H31N11/c1-6-26-30(16-20(1)29-19-24-15-21(2-5-25(24)42-29)35-38-11-12-39-35)45-33(43-26)9-10-34-44-27-7-4-23(18-31(27)46-34)37-47-28-8-3-22(17-32(28)48-37)36-40-13-14-41-36/h1-8,15-19,42H,9-14H2,(H,38,39)(H,40,41)(H,43,45)(H,44,46)(H,47,48). The van der Waals surface area contributed by atoms with Crippen LogP contribution in [0.4, 0.5) is 0 Å². The number of amidine groups is 2. The van der Waals surface area contributed by atoms with Crippen LogP contribution in [0.1, 0.15) is 22.8 Å². The number of aryl methyl sites for hydroxylation is 2. The Bertz CT molecular complexity index is 2410. The van der Waals surface area contributed by atoms with E-state index in [2.05, 4.69) is 107 Å². The molecule has 11 nitrogen and oxygen atoms in total. The van der Waals surface area contributed by atoms with Gasteiger partial charge < -0.3 is 30.6 Å². The van der Waals surface area contributed by atoms with Gasteiger partial charge in [0.1, 0.15) is 29.1 Å². The van der Waals surface area contributed by atoms with Crippen molar-refractivity contribution >= 4 is 55.7 Å². The lowest BCUT2D eigenvalue weighted by Gasteiger charge is -2.01. The van der Waals surface area contributed by atoms with Crippen LogP contribution in [0.3, 0.4) is 0 Å². The van der Waals surface area contributed by atoms with Crippen LogP contribution in [-0.4, -0.2) is 72.7 Å². The highest BCUT2D eigenvalue weighted by Crippen LogP contribution is 2.28. The van der Waals surface area contributed by atoms with E-state index in [0.29, 0.717) is 0 Å². The number of hydrogen-bond acceptors (Lipinski definition) is 7. The van der Waals surface area contributed by atoms with Gasteiger partial charge in [0.15, 0.2) is 0 Å². The first kappa shape index (κ1) is 26.9. The number of aromatic nitrogens is 7. The fourth-order valence-corrected chi connectivity index (χ4v) is 6.82. The van der Waals surface area contributed by atoms with Crippen LogP contribution >= 0.6 is 0 Å². The summed E-state index contributed by atoms with van der Waals surface area (Å²) in [5.74, 6) is 4.62. The minimum atomic E-state index is 0.743. The number of benzene rings is 4. The third-order valence-corrected chi connectivity index (χ3v) is 9.24. The maximum absolute atomic E-state index is 4.87. The molecule has 11 heteroatoms. The second-order valence-corrected chi connectivity index (χ2v) is 12.4. The lowest BCUT2D eigenvalue weighted by atomic mass is 10.1. The van der Waals surface area contributed by atoms with E-state index < -0.39 is 0 Å². The average molecular weight is 630 g/mol. The van der Waals surface area contributed by atoms with Gasteiger partial charge in [-0.25, -0.2) is 15.0 Å². The Morgan fingerprint density at radius 1 is 0.479 bits per heavy atom. The Balaban J connectivity index is 0.861. The van der Waals surface area contributed by atoms with Crippen molar-refractivity contribution in [3.05, 3.63) is 102 Å². The van der Waals surface area contributed by atoms with E-state index in [4.69, 9.17) is 15.0 Å². The van der Waals surface area contributed by atoms with E-state index >= 15 is 0 Å². The molecule has 0 fully saturated rings. The number of fused-ring (bicyclic) bond motifs is 4. The molecule has 2 aliphatic heterocycles. The maximum atomic E-state index is 4.87. The molecule has 0 bridgehead atoms. The van der Waals surface area contributed by atoms with Crippen LogP contribution < -0.4 is 10.6 Å². The molecule has 0 unspecified atom stereocenters. The first-order valence-electron chi connectivity index (χ1n) is 16.4. The molecule has 0 saturated carbocycles. The molecule has 6 heterocycles. The van der Waals surface area contributed by atoms with Gasteiger partial charge in [-0.1, -0.05) is 6.07 Å². The van der Waals surface area contributed by atoms with Crippen LogP contribution in [0.25, 0.3) is 66.6 Å². The molecule has 234 valence electrons. The van der Waals surface area contributed by atoms with E-state index in [0.717, 1.165) is 135 Å². The molecule has 6 N–H and O–H groups in total. The van der Waals surface area contributed by atoms with Crippen molar-refractivity contribution in [1.82, 2.24) is 45.5 Å². The average Bonchev–Trinajstić information content (AvgIpc) is 3.97. The molecule has 4 aromatic carbocycles. The van der Waals surface area contributed by atoms with Crippen molar-refractivity contribution < 1.29 is 0 Å². The second-order valence-electron chi connectivity index (χ2n) is 12.4. The molecule has 0 saturated heterocycles. The van der Waals surface area contributed by atoms with Crippen LogP contribution in [-0.2, 0) is 12.8 Å². The molecule has 0 amide bonds. The largest absolute Gasteiger partial charge is 0.368 e. The van der Waals surface area contributed by atoms with Crippen molar-refractivity contribution in [3.8, 4) is 22.6 Å². The van der Waals surface area contributed by atoms with Gasteiger partial charge in [0.2, 0.25) is 0 Å². The second kappa shape index (κ2) is 10.7. The molecule has 0 aliphatic carbocycles. The highest BCUT2D eigenvalue weighted by Gasteiger charge is 2.14. The van der Waals surface area contributed by atoms with Crippen LogP contribution in [0, 0.1) is 0 Å². The van der Waals surface area contributed by atoms with Gasteiger partial charge in [-0.05, 0) is 72.8 Å². The van der Waals surface area contributed by atoms with Crippen LogP contribution in [0.15, 0.2) is 88.8 Å². The Hall–Kier alpha value is -6.23. The number of imidazole rings is 3. The van der Waals surface area contributed by atoms with Gasteiger partial charge in [-0.3, -0.25) is 9.98 Å². The molecule has 48 heavy (non-hydrogen) atoms. The molecule has 10 rings (SSSR count). The summed E-state index contributed by atoms with van der Waals surface area (Å²) in [5.41, 5.74) is 12.3. The van der Waals surface area contributed by atoms with Gasteiger partial charge >= 0.3 is 0 Å². The van der Waals surface area contributed by atoms with E-state index in [1.807, 2.05) is 12.1 Å². The van der Waals surface area contributed by atoms with E-state index in [1.54, 1.807) is 0 Å². The van der Waals surface area contributed by atoms with Crippen molar-refractivity contribution in [1.29, 1.82) is 0 Å². The summed E-state index contributed by atoms with van der Waals surface area (Å²) in [4.78, 5) is 37.8. The number of hydrogen-bond donors (Lipinski definition) is 6. The first-order valence-corrected chi connectivity index (χ1v) is 16.4. The van der Waals surface area contributed by atoms with Crippen molar-refractivity contribution in [2.75, 3.05) is 26.2 Å². The fourth-order valence-electron chi connectivity index (χ4n) is 6.82. The molecule has 0 spiro atoms. The van der Waals surface area contributed by atoms with Gasteiger partial charge in [0.05, 0.1) is 46.2 Å². The Labute approximate surface area is 274 Å². The smallest absolute Gasteiger partial charge is 0.138 e. The highest BCUT2D eigenvalue weighted by molar-refractivity contribution is 6.03. The number of aliphatic imine (C=N–C) groups is 2. The third-order valence-electron chi connectivity index (χ3n) is 9.24. The van der Waals surface area contributed by atoms with Gasteiger partial charge in [0, 0.05) is 64.8 Å². The highest BCUT2D eigenvalue weighted by atomic mass is 15.1. The number of nitrogens with zero attached hydrogens (tertiary/aromatic N) is 5. The number of nitrogens with one attached hydrogen (secondary N) is 6. The molecule has 0 atom stereocenters. The Kier molecular flexibility index (Phi) is 5.98. The molecular weight excluding hydrogens is 598 g/mol. The maximum Gasteiger partial charge on any atom is 0.138 e. The molecular formula is C37H31N11. The summed E-state index contributed by atoms with van der Waals surface area (Å²) in [6.07, 6.45) is 1.49. The normalized spacial score (nSPS) is 14.7.